The van der Waals surface area contributed by atoms with E-state index < -0.39 is 17.3 Å². The van der Waals surface area contributed by atoms with E-state index in [1.165, 1.54) is 7.11 Å². The molecule has 21 heavy (non-hydrogen) atoms. The normalized spacial score (nSPS) is 11.7. The maximum Gasteiger partial charge on any atom is 0.234 e. The Morgan fingerprint density at radius 1 is 1.05 bits per heavy atom. The van der Waals surface area contributed by atoms with Gasteiger partial charge in [-0.3, -0.25) is 4.79 Å². The standard InChI is InChI=1S/C17H16O4/c1-11-8-9-14(21-2)13(10-11)16(19)17(20)15(18)12-6-4-3-5-7-12/h3-10,18,20H,1-2H3/b17-15+. The molecule has 0 spiro atoms. The van der Waals surface area contributed by atoms with E-state index in [9.17, 15) is 15.0 Å². The van der Waals surface area contributed by atoms with E-state index in [0.717, 1.165) is 5.56 Å². The molecule has 0 aromatic heterocycles. The van der Waals surface area contributed by atoms with Gasteiger partial charge in [0.15, 0.2) is 5.76 Å². The number of Topliss-reactive ketones (excluding diaryl/α,β-unsaturated/α-hetero) is 1. The first-order chi connectivity index (χ1) is 10.0. The summed E-state index contributed by atoms with van der Waals surface area (Å²) in [6.07, 6.45) is 0. The van der Waals surface area contributed by atoms with Crippen molar-refractivity contribution < 1.29 is 19.7 Å². The molecule has 0 amide bonds. The number of rotatable bonds is 4. The third kappa shape index (κ3) is 3.05. The van der Waals surface area contributed by atoms with E-state index in [0.29, 0.717) is 11.3 Å². The van der Waals surface area contributed by atoms with Crippen molar-refractivity contribution in [2.24, 2.45) is 0 Å². The highest BCUT2D eigenvalue weighted by Crippen LogP contribution is 2.24. The summed E-state index contributed by atoms with van der Waals surface area (Å²) in [5, 5.41) is 20.1. The summed E-state index contributed by atoms with van der Waals surface area (Å²) >= 11 is 0. The maximum atomic E-state index is 12.3. The van der Waals surface area contributed by atoms with Crippen molar-refractivity contribution in [1.29, 1.82) is 0 Å². The highest BCUT2D eigenvalue weighted by atomic mass is 16.5. The quantitative estimate of drug-likeness (QED) is 0.510. The zero-order valence-corrected chi connectivity index (χ0v) is 11.8. The van der Waals surface area contributed by atoms with Crippen LogP contribution in [0.5, 0.6) is 5.75 Å². The van der Waals surface area contributed by atoms with Gasteiger partial charge in [0, 0.05) is 5.56 Å². The molecular weight excluding hydrogens is 268 g/mol. The molecule has 0 bridgehead atoms. The van der Waals surface area contributed by atoms with Gasteiger partial charge in [0.2, 0.25) is 11.5 Å². The fourth-order valence-corrected chi connectivity index (χ4v) is 1.97. The Balaban J connectivity index is 2.47. The van der Waals surface area contributed by atoms with Crippen LogP contribution in [0.4, 0.5) is 0 Å². The summed E-state index contributed by atoms with van der Waals surface area (Å²) < 4.78 is 5.12. The minimum Gasteiger partial charge on any atom is -0.504 e. The predicted molar refractivity (Wildman–Crippen MR) is 80.7 cm³/mol. The second-order valence-corrected chi connectivity index (χ2v) is 4.60. The number of allylic oxidation sites excluding steroid dienone is 1. The molecule has 4 heteroatoms. The first-order valence-corrected chi connectivity index (χ1v) is 6.41. The topological polar surface area (TPSA) is 66.8 Å². The van der Waals surface area contributed by atoms with Gasteiger partial charge in [-0.2, -0.15) is 0 Å². The van der Waals surface area contributed by atoms with E-state index in [1.807, 2.05) is 6.92 Å². The Hall–Kier alpha value is -2.75. The van der Waals surface area contributed by atoms with Crippen LogP contribution >= 0.6 is 0 Å². The number of hydrogen-bond donors (Lipinski definition) is 2. The maximum absolute atomic E-state index is 12.3. The van der Waals surface area contributed by atoms with Crippen LogP contribution in [0.3, 0.4) is 0 Å². The zero-order chi connectivity index (χ0) is 15.4. The number of benzene rings is 2. The number of aliphatic hydroxyl groups is 2. The van der Waals surface area contributed by atoms with Gasteiger partial charge in [-0.1, -0.05) is 42.0 Å². The Morgan fingerprint density at radius 2 is 1.71 bits per heavy atom. The first-order valence-electron chi connectivity index (χ1n) is 6.41. The Labute approximate surface area is 122 Å². The third-order valence-corrected chi connectivity index (χ3v) is 3.09. The molecule has 0 unspecified atom stereocenters. The Bertz CT molecular complexity index is 687. The van der Waals surface area contributed by atoms with Crippen molar-refractivity contribution in [2.75, 3.05) is 7.11 Å². The van der Waals surface area contributed by atoms with E-state index >= 15 is 0 Å². The molecule has 2 rings (SSSR count). The number of carbonyl (C=O) groups excluding carboxylic acids is 1. The monoisotopic (exact) mass is 284 g/mol. The van der Waals surface area contributed by atoms with Crippen molar-refractivity contribution >= 4 is 11.5 Å². The van der Waals surface area contributed by atoms with Crippen molar-refractivity contribution in [3.63, 3.8) is 0 Å². The number of ether oxygens (including phenoxy) is 1. The Morgan fingerprint density at radius 3 is 2.33 bits per heavy atom. The number of hydrogen-bond acceptors (Lipinski definition) is 4. The fourth-order valence-electron chi connectivity index (χ4n) is 1.97. The summed E-state index contributed by atoms with van der Waals surface area (Å²) in [6, 6.07) is 13.4. The van der Waals surface area contributed by atoms with Crippen molar-refractivity contribution in [3.8, 4) is 5.75 Å². The van der Waals surface area contributed by atoms with Crippen LogP contribution in [0, 0.1) is 6.92 Å². The number of ketones is 1. The molecule has 4 nitrogen and oxygen atoms in total. The fraction of sp³-hybridized carbons (Fsp3) is 0.118. The molecule has 0 saturated carbocycles. The lowest BCUT2D eigenvalue weighted by Gasteiger charge is -2.09. The van der Waals surface area contributed by atoms with Gasteiger partial charge in [-0.25, -0.2) is 0 Å². The van der Waals surface area contributed by atoms with Gasteiger partial charge in [0.1, 0.15) is 5.75 Å². The van der Waals surface area contributed by atoms with Gasteiger partial charge in [0.05, 0.1) is 12.7 Å². The summed E-state index contributed by atoms with van der Waals surface area (Å²) in [6.45, 7) is 1.83. The summed E-state index contributed by atoms with van der Waals surface area (Å²) in [5.41, 5.74) is 1.43. The van der Waals surface area contributed by atoms with Crippen molar-refractivity contribution in [2.45, 2.75) is 6.92 Å². The number of aryl methyl sites for hydroxylation is 1. The number of methoxy groups -OCH3 is 1. The SMILES string of the molecule is COc1ccc(C)cc1C(=O)/C(O)=C(\O)c1ccccc1. The zero-order valence-electron chi connectivity index (χ0n) is 11.8. The van der Waals surface area contributed by atoms with Crippen LogP contribution in [-0.4, -0.2) is 23.1 Å². The predicted octanol–water partition coefficient (Wildman–Crippen LogP) is 3.67. The summed E-state index contributed by atoms with van der Waals surface area (Å²) in [5.74, 6) is -1.50. The smallest absolute Gasteiger partial charge is 0.234 e. The molecule has 2 N–H and O–H groups in total. The van der Waals surface area contributed by atoms with E-state index in [-0.39, 0.29) is 5.56 Å². The molecule has 0 saturated heterocycles. The molecule has 0 radical (unpaired) electrons. The van der Waals surface area contributed by atoms with E-state index in [1.54, 1.807) is 48.5 Å². The van der Waals surface area contributed by atoms with Gasteiger partial charge in [-0.15, -0.1) is 0 Å². The van der Waals surface area contributed by atoms with Crippen LogP contribution in [0.1, 0.15) is 21.5 Å². The highest BCUT2D eigenvalue weighted by Gasteiger charge is 2.21. The average Bonchev–Trinajstić information content (AvgIpc) is 2.53. The summed E-state index contributed by atoms with van der Waals surface area (Å²) in [4.78, 5) is 12.3. The molecule has 0 fully saturated rings. The summed E-state index contributed by atoms with van der Waals surface area (Å²) in [7, 11) is 1.44. The van der Waals surface area contributed by atoms with Crippen LogP contribution < -0.4 is 4.74 Å². The van der Waals surface area contributed by atoms with Gasteiger partial charge < -0.3 is 14.9 Å². The minimum absolute atomic E-state index is 0.206. The molecule has 0 heterocycles. The average molecular weight is 284 g/mol. The minimum atomic E-state index is -0.704. The molecule has 0 aliphatic heterocycles. The molecule has 108 valence electrons. The van der Waals surface area contributed by atoms with Gasteiger partial charge >= 0.3 is 0 Å². The second kappa shape index (κ2) is 6.13. The number of aliphatic hydroxyl groups excluding tert-OH is 2. The third-order valence-electron chi connectivity index (χ3n) is 3.09. The number of carbonyl (C=O) groups is 1. The molecule has 0 aliphatic rings. The van der Waals surface area contributed by atoms with Crippen LogP contribution in [0.25, 0.3) is 5.76 Å². The second-order valence-electron chi connectivity index (χ2n) is 4.60. The lowest BCUT2D eigenvalue weighted by Crippen LogP contribution is -2.08. The molecule has 2 aromatic rings. The van der Waals surface area contributed by atoms with Gasteiger partial charge in [0.25, 0.3) is 0 Å². The van der Waals surface area contributed by atoms with E-state index in [2.05, 4.69) is 0 Å². The van der Waals surface area contributed by atoms with Crippen LogP contribution in [0.2, 0.25) is 0 Å². The highest BCUT2D eigenvalue weighted by molar-refractivity contribution is 6.12. The molecular formula is C17H16O4. The van der Waals surface area contributed by atoms with Gasteiger partial charge in [-0.05, 0) is 19.1 Å². The molecule has 0 atom stereocenters. The largest absolute Gasteiger partial charge is 0.504 e. The Kier molecular flexibility index (Phi) is 4.28. The van der Waals surface area contributed by atoms with E-state index in [4.69, 9.17) is 4.74 Å². The van der Waals surface area contributed by atoms with Crippen molar-refractivity contribution in [3.05, 3.63) is 71.0 Å². The van der Waals surface area contributed by atoms with Crippen molar-refractivity contribution in [1.82, 2.24) is 0 Å². The first kappa shape index (κ1) is 14.7. The lowest BCUT2D eigenvalue weighted by molar-refractivity contribution is 0.0972. The molecule has 2 aromatic carbocycles. The molecule has 0 aliphatic carbocycles. The van der Waals surface area contributed by atoms with Crippen LogP contribution in [-0.2, 0) is 0 Å². The lowest BCUT2D eigenvalue weighted by atomic mass is 10.0. The van der Waals surface area contributed by atoms with Crippen LogP contribution in [0.15, 0.2) is 54.3 Å².